The van der Waals surface area contributed by atoms with Crippen LogP contribution in [0.4, 0.5) is 11.4 Å². The van der Waals surface area contributed by atoms with Gasteiger partial charge in [0.1, 0.15) is 0 Å². The SMILES string of the molecule is O=C(O)c1cccc(N=Nc2cccc(C(=O)O)c2)c1. The second-order valence-electron chi connectivity index (χ2n) is 3.91. The van der Waals surface area contributed by atoms with Crippen LogP contribution in [0.2, 0.25) is 0 Å². The molecule has 6 nitrogen and oxygen atoms in total. The summed E-state index contributed by atoms with van der Waals surface area (Å²) >= 11 is 0. The number of hydrogen-bond acceptors (Lipinski definition) is 4. The van der Waals surface area contributed by atoms with Gasteiger partial charge < -0.3 is 10.2 Å². The Balaban J connectivity index is 2.25. The third kappa shape index (κ3) is 3.26. The molecule has 20 heavy (non-hydrogen) atoms. The number of rotatable bonds is 4. The maximum absolute atomic E-state index is 10.8. The van der Waals surface area contributed by atoms with Crippen LogP contribution in [-0.4, -0.2) is 22.2 Å². The summed E-state index contributed by atoms with van der Waals surface area (Å²) in [5.74, 6) is -2.09. The number of nitrogens with zero attached hydrogens (tertiary/aromatic N) is 2. The van der Waals surface area contributed by atoms with Gasteiger partial charge >= 0.3 is 11.9 Å². The summed E-state index contributed by atoms with van der Waals surface area (Å²) in [5, 5.41) is 25.5. The molecule has 0 heterocycles. The Morgan fingerprint density at radius 3 is 1.50 bits per heavy atom. The fourth-order valence-corrected chi connectivity index (χ4v) is 1.52. The van der Waals surface area contributed by atoms with E-state index in [4.69, 9.17) is 10.2 Å². The van der Waals surface area contributed by atoms with Crippen molar-refractivity contribution in [1.82, 2.24) is 0 Å². The van der Waals surface area contributed by atoms with Gasteiger partial charge in [0, 0.05) is 0 Å². The molecular formula is C14H10N2O4. The van der Waals surface area contributed by atoms with E-state index in [1.807, 2.05) is 0 Å². The van der Waals surface area contributed by atoms with Crippen LogP contribution in [0.1, 0.15) is 20.7 Å². The highest BCUT2D eigenvalue weighted by molar-refractivity contribution is 5.89. The normalized spacial score (nSPS) is 10.6. The first kappa shape index (κ1) is 13.4. The van der Waals surface area contributed by atoms with Crippen molar-refractivity contribution in [2.45, 2.75) is 0 Å². The van der Waals surface area contributed by atoms with E-state index in [2.05, 4.69) is 10.2 Å². The minimum absolute atomic E-state index is 0.112. The zero-order valence-electron chi connectivity index (χ0n) is 10.2. The Hall–Kier alpha value is -3.02. The summed E-state index contributed by atoms with van der Waals surface area (Å²) < 4.78 is 0. The van der Waals surface area contributed by atoms with Gasteiger partial charge in [-0.05, 0) is 36.4 Å². The molecule has 2 N–H and O–H groups in total. The lowest BCUT2D eigenvalue weighted by Crippen LogP contribution is -1.94. The summed E-state index contributed by atoms with van der Waals surface area (Å²) in [5.41, 5.74) is 0.984. The molecule has 0 unspecified atom stereocenters. The van der Waals surface area contributed by atoms with Crippen molar-refractivity contribution in [2.24, 2.45) is 10.2 Å². The van der Waals surface area contributed by atoms with Crippen LogP contribution in [0.15, 0.2) is 58.8 Å². The number of benzene rings is 2. The van der Waals surface area contributed by atoms with Gasteiger partial charge in [-0.2, -0.15) is 10.2 Å². The van der Waals surface area contributed by atoms with Crippen LogP contribution in [0.3, 0.4) is 0 Å². The van der Waals surface area contributed by atoms with Gasteiger partial charge in [-0.1, -0.05) is 12.1 Å². The lowest BCUT2D eigenvalue weighted by atomic mass is 10.2. The Morgan fingerprint density at radius 1 is 0.750 bits per heavy atom. The number of azo groups is 1. The van der Waals surface area contributed by atoms with Crippen molar-refractivity contribution in [2.75, 3.05) is 0 Å². The van der Waals surface area contributed by atoms with Gasteiger partial charge in [-0.25, -0.2) is 9.59 Å². The second-order valence-corrected chi connectivity index (χ2v) is 3.91. The molecule has 0 atom stereocenters. The predicted molar refractivity (Wildman–Crippen MR) is 71.0 cm³/mol. The largest absolute Gasteiger partial charge is 0.478 e. The highest BCUT2D eigenvalue weighted by atomic mass is 16.4. The average molecular weight is 270 g/mol. The lowest BCUT2D eigenvalue weighted by Gasteiger charge is -1.97. The summed E-state index contributed by atoms with van der Waals surface area (Å²) in [4.78, 5) is 21.6. The monoisotopic (exact) mass is 270 g/mol. The molecule has 0 radical (unpaired) electrons. The molecule has 2 aromatic carbocycles. The smallest absolute Gasteiger partial charge is 0.335 e. The average Bonchev–Trinajstić information content (AvgIpc) is 2.45. The van der Waals surface area contributed by atoms with Gasteiger partial charge in [0.15, 0.2) is 0 Å². The molecule has 2 rings (SSSR count). The zero-order chi connectivity index (χ0) is 14.5. The first-order chi connectivity index (χ1) is 9.56. The van der Waals surface area contributed by atoms with Crippen molar-refractivity contribution in [1.29, 1.82) is 0 Å². The minimum Gasteiger partial charge on any atom is -0.478 e. The summed E-state index contributed by atoms with van der Waals surface area (Å²) in [6.45, 7) is 0. The number of aromatic carboxylic acids is 2. The number of carbonyl (C=O) groups is 2. The van der Waals surface area contributed by atoms with Gasteiger partial charge in [0.25, 0.3) is 0 Å². The molecular weight excluding hydrogens is 260 g/mol. The van der Waals surface area contributed by atoms with Crippen LogP contribution in [0, 0.1) is 0 Å². The van der Waals surface area contributed by atoms with E-state index in [-0.39, 0.29) is 11.1 Å². The van der Waals surface area contributed by atoms with Crippen molar-refractivity contribution < 1.29 is 19.8 Å². The van der Waals surface area contributed by atoms with Crippen molar-refractivity contribution in [3.8, 4) is 0 Å². The minimum atomic E-state index is -1.05. The van der Waals surface area contributed by atoms with E-state index < -0.39 is 11.9 Å². The van der Waals surface area contributed by atoms with Gasteiger partial charge in [0.2, 0.25) is 0 Å². The Labute approximate surface area is 114 Å². The Morgan fingerprint density at radius 2 is 1.15 bits per heavy atom. The van der Waals surface area contributed by atoms with Gasteiger partial charge in [0.05, 0.1) is 22.5 Å². The Kier molecular flexibility index (Phi) is 3.85. The summed E-state index contributed by atoms with van der Waals surface area (Å²) in [7, 11) is 0. The van der Waals surface area contributed by atoms with Crippen molar-refractivity contribution >= 4 is 23.3 Å². The topological polar surface area (TPSA) is 99.3 Å². The highest BCUT2D eigenvalue weighted by Crippen LogP contribution is 2.20. The second kappa shape index (κ2) is 5.75. The molecule has 0 fully saturated rings. The molecule has 6 heteroatoms. The van der Waals surface area contributed by atoms with Gasteiger partial charge in [-0.3, -0.25) is 0 Å². The maximum Gasteiger partial charge on any atom is 0.335 e. The predicted octanol–water partition coefficient (Wildman–Crippen LogP) is 3.50. The fourth-order valence-electron chi connectivity index (χ4n) is 1.52. The van der Waals surface area contributed by atoms with E-state index in [1.165, 1.54) is 24.3 Å². The molecule has 0 aliphatic rings. The van der Waals surface area contributed by atoms with E-state index in [0.29, 0.717) is 11.4 Å². The summed E-state index contributed by atoms with van der Waals surface area (Å²) in [6, 6.07) is 12.0. The summed E-state index contributed by atoms with van der Waals surface area (Å²) in [6.07, 6.45) is 0. The van der Waals surface area contributed by atoms with Gasteiger partial charge in [-0.15, -0.1) is 0 Å². The van der Waals surface area contributed by atoms with Crippen LogP contribution in [-0.2, 0) is 0 Å². The highest BCUT2D eigenvalue weighted by Gasteiger charge is 2.04. The first-order valence-corrected chi connectivity index (χ1v) is 5.65. The van der Waals surface area contributed by atoms with Crippen molar-refractivity contribution in [3.05, 3.63) is 59.7 Å². The lowest BCUT2D eigenvalue weighted by molar-refractivity contribution is 0.0686. The molecule has 0 amide bonds. The Bertz CT molecular complexity index is 636. The zero-order valence-corrected chi connectivity index (χ0v) is 10.2. The molecule has 0 aliphatic heterocycles. The first-order valence-electron chi connectivity index (χ1n) is 5.65. The maximum atomic E-state index is 10.8. The van der Waals surface area contributed by atoms with E-state index >= 15 is 0 Å². The number of carboxylic acid groups (broad SMARTS) is 2. The third-order valence-corrected chi connectivity index (χ3v) is 2.47. The van der Waals surface area contributed by atoms with Crippen LogP contribution < -0.4 is 0 Å². The van der Waals surface area contributed by atoms with E-state index in [9.17, 15) is 9.59 Å². The fraction of sp³-hybridized carbons (Fsp3) is 0. The molecule has 0 aromatic heterocycles. The van der Waals surface area contributed by atoms with Crippen LogP contribution in [0.25, 0.3) is 0 Å². The quantitative estimate of drug-likeness (QED) is 0.830. The van der Waals surface area contributed by atoms with E-state index in [1.54, 1.807) is 24.3 Å². The number of carboxylic acids is 2. The van der Waals surface area contributed by atoms with E-state index in [0.717, 1.165) is 0 Å². The van der Waals surface area contributed by atoms with Crippen LogP contribution in [0.5, 0.6) is 0 Å². The third-order valence-electron chi connectivity index (χ3n) is 2.47. The molecule has 0 bridgehead atoms. The molecule has 100 valence electrons. The molecule has 0 saturated heterocycles. The van der Waals surface area contributed by atoms with Crippen LogP contribution >= 0.6 is 0 Å². The molecule has 0 saturated carbocycles. The molecule has 0 spiro atoms. The van der Waals surface area contributed by atoms with Crippen molar-refractivity contribution in [3.63, 3.8) is 0 Å². The molecule has 0 aliphatic carbocycles. The standard InChI is InChI=1S/C14H10N2O4/c17-13(18)9-3-1-5-11(7-9)15-16-12-6-2-4-10(8-12)14(19)20/h1-8H,(H,17,18)(H,19,20). The molecule has 2 aromatic rings. The number of hydrogen-bond donors (Lipinski definition) is 2.